The predicted octanol–water partition coefficient (Wildman–Crippen LogP) is 3.77. The lowest BCUT2D eigenvalue weighted by molar-refractivity contribution is 0.101. The van der Waals surface area contributed by atoms with E-state index in [1.807, 2.05) is 54.6 Å². The average molecular weight is 359 g/mol. The van der Waals surface area contributed by atoms with Gasteiger partial charge in [-0.25, -0.2) is 0 Å². The lowest BCUT2D eigenvalue weighted by atomic mass is 10.2. The molecule has 2 aromatic carbocycles. The van der Waals surface area contributed by atoms with Crippen LogP contribution in [-0.4, -0.2) is 32.9 Å². The molecule has 0 aliphatic carbocycles. The number of Topliss-reactive ketones (excluding diaryl/α,β-unsaturated/α-hetero) is 1. The first-order chi connectivity index (χ1) is 13.2. The second kappa shape index (κ2) is 6.87. The van der Waals surface area contributed by atoms with Crippen molar-refractivity contribution in [2.24, 2.45) is 0 Å². The molecule has 0 saturated carbocycles. The number of nitrogens with zero attached hydrogens (tertiary/aromatic N) is 4. The number of nitrogens with one attached hydrogen (secondary N) is 1. The normalized spacial score (nSPS) is 10.7. The van der Waals surface area contributed by atoms with E-state index in [9.17, 15) is 4.79 Å². The Bertz CT molecular complexity index is 1110. The number of carbonyl (C=O) groups excluding carboxylic acids is 1. The van der Waals surface area contributed by atoms with Crippen molar-refractivity contribution in [3.8, 4) is 11.4 Å². The quantitative estimate of drug-likeness (QED) is 0.546. The maximum Gasteiger partial charge on any atom is 0.184 e. The third kappa shape index (κ3) is 3.22. The van der Waals surface area contributed by atoms with Crippen LogP contribution in [0.4, 0.5) is 11.5 Å². The van der Waals surface area contributed by atoms with Gasteiger partial charge in [0, 0.05) is 18.5 Å². The number of anilines is 2. The van der Waals surface area contributed by atoms with Gasteiger partial charge in [0.15, 0.2) is 17.3 Å². The summed E-state index contributed by atoms with van der Waals surface area (Å²) in [4.78, 5) is 17.9. The third-order valence-corrected chi connectivity index (χ3v) is 4.14. The van der Waals surface area contributed by atoms with Gasteiger partial charge in [-0.2, -0.15) is 0 Å². The van der Waals surface area contributed by atoms with E-state index in [1.54, 1.807) is 13.3 Å². The summed E-state index contributed by atoms with van der Waals surface area (Å²) in [5, 5.41) is 13.0. The van der Waals surface area contributed by atoms with E-state index >= 15 is 0 Å². The molecule has 0 atom stereocenters. The van der Waals surface area contributed by atoms with Crippen LogP contribution in [-0.2, 0) is 0 Å². The molecule has 0 radical (unpaired) electrons. The molecule has 7 heteroatoms. The first-order valence-electron chi connectivity index (χ1n) is 8.39. The van der Waals surface area contributed by atoms with E-state index in [0.717, 1.165) is 28.0 Å². The number of aromatic nitrogens is 4. The van der Waals surface area contributed by atoms with Gasteiger partial charge in [0.1, 0.15) is 5.75 Å². The summed E-state index contributed by atoms with van der Waals surface area (Å²) in [6, 6.07) is 16.9. The van der Waals surface area contributed by atoms with Crippen molar-refractivity contribution >= 4 is 28.2 Å². The van der Waals surface area contributed by atoms with Gasteiger partial charge >= 0.3 is 0 Å². The fourth-order valence-corrected chi connectivity index (χ4v) is 2.79. The third-order valence-electron chi connectivity index (χ3n) is 4.14. The standard InChI is InChI=1S/C20H17N5O2/c1-13(26)18-20(22-17-7-3-5-14-6-4-12-21-19(14)17)24-25(23-18)15-8-10-16(27-2)11-9-15/h3-12H,1-2H3,(H,22,24). The zero-order valence-electron chi connectivity index (χ0n) is 14.9. The summed E-state index contributed by atoms with van der Waals surface area (Å²) < 4.78 is 5.17. The Labute approximate surface area is 155 Å². The van der Waals surface area contributed by atoms with Crippen molar-refractivity contribution in [2.45, 2.75) is 6.92 Å². The number of methoxy groups -OCH3 is 1. The lowest BCUT2D eigenvalue weighted by Crippen LogP contribution is -2.01. The topological polar surface area (TPSA) is 81.9 Å². The van der Waals surface area contributed by atoms with Gasteiger partial charge in [-0.1, -0.05) is 18.2 Å². The second-order valence-electron chi connectivity index (χ2n) is 5.95. The monoisotopic (exact) mass is 359 g/mol. The number of rotatable bonds is 5. The highest BCUT2D eigenvalue weighted by Gasteiger charge is 2.17. The van der Waals surface area contributed by atoms with Crippen molar-refractivity contribution in [3.05, 3.63) is 66.5 Å². The van der Waals surface area contributed by atoms with Gasteiger partial charge in [-0.15, -0.1) is 15.0 Å². The highest BCUT2D eigenvalue weighted by atomic mass is 16.5. The van der Waals surface area contributed by atoms with Gasteiger partial charge in [0.2, 0.25) is 0 Å². The number of ether oxygens (including phenoxy) is 1. The lowest BCUT2D eigenvalue weighted by Gasteiger charge is -2.07. The molecule has 0 spiro atoms. The molecule has 134 valence electrons. The molecule has 0 bridgehead atoms. The van der Waals surface area contributed by atoms with Crippen LogP contribution in [0.5, 0.6) is 5.75 Å². The average Bonchev–Trinajstić information content (AvgIpc) is 3.12. The first-order valence-corrected chi connectivity index (χ1v) is 8.39. The van der Waals surface area contributed by atoms with Gasteiger partial charge < -0.3 is 10.1 Å². The largest absolute Gasteiger partial charge is 0.497 e. The number of benzene rings is 2. The Morgan fingerprint density at radius 3 is 2.56 bits per heavy atom. The summed E-state index contributed by atoms with van der Waals surface area (Å²) in [5.74, 6) is 0.944. The summed E-state index contributed by atoms with van der Waals surface area (Å²) in [6.45, 7) is 1.47. The fraction of sp³-hybridized carbons (Fsp3) is 0.100. The highest BCUT2D eigenvalue weighted by molar-refractivity contribution is 5.99. The summed E-state index contributed by atoms with van der Waals surface area (Å²) >= 11 is 0. The Morgan fingerprint density at radius 2 is 1.81 bits per heavy atom. The van der Waals surface area contributed by atoms with E-state index in [0.29, 0.717) is 5.82 Å². The molecule has 4 rings (SSSR count). The van der Waals surface area contributed by atoms with Crippen LogP contribution >= 0.6 is 0 Å². The van der Waals surface area contributed by atoms with Gasteiger partial charge in [-0.3, -0.25) is 9.78 Å². The van der Waals surface area contributed by atoms with Gasteiger partial charge in [-0.05, 0) is 36.4 Å². The van der Waals surface area contributed by atoms with Crippen molar-refractivity contribution in [2.75, 3.05) is 12.4 Å². The van der Waals surface area contributed by atoms with Crippen LogP contribution in [0.15, 0.2) is 60.8 Å². The minimum absolute atomic E-state index is 0.176. The van der Waals surface area contributed by atoms with Crippen molar-refractivity contribution in [3.63, 3.8) is 0 Å². The molecule has 2 aromatic heterocycles. The van der Waals surface area contributed by atoms with Crippen LogP contribution < -0.4 is 10.1 Å². The SMILES string of the molecule is COc1ccc(-n2nc(Nc3cccc4cccnc34)c(C(C)=O)n2)cc1. The number of hydrogen-bond donors (Lipinski definition) is 1. The van der Waals surface area contributed by atoms with Gasteiger partial charge in [0.05, 0.1) is 24.0 Å². The van der Waals surface area contributed by atoms with Crippen LogP contribution in [0.3, 0.4) is 0 Å². The maximum absolute atomic E-state index is 12.1. The maximum atomic E-state index is 12.1. The summed E-state index contributed by atoms with van der Waals surface area (Å²) in [5.41, 5.74) is 2.55. The molecule has 4 aromatic rings. The molecule has 7 nitrogen and oxygen atoms in total. The highest BCUT2D eigenvalue weighted by Crippen LogP contribution is 2.26. The molecule has 1 N–H and O–H groups in total. The summed E-state index contributed by atoms with van der Waals surface area (Å²) in [7, 11) is 1.61. The Hall–Kier alpha value is -3.74. The van der Waals surface area contributed by atoms with E-state index in [-0.39, 0.29) is 11.5 Å². The van der Waals surface area contributed by atoms with Gasteiger partial charge in [0.25, 0.3) is 0 Å². The zero-order valence-corrected chi connectivity index (χ0v) is 14.9. The Balaban J connectivity index is 1.75. The molecule has 0 unspecified atom stereocenters. The molecular formula is C20H17N5O2. The second-order valence-corrected chi connectivity index (χ2v) is 5.95. The Morgan fingerprint density at radius 1 is 1.04 bits per heavy atom. The zero-order chi connectivity index (χ0) is 18.8. The molecule has 2 heterocycles. The molecule has 0 aliphatic heterocycles. The first kappa shape index (κ1) is 16.7. The van der Waals surface area contributed by atoms with Crippen LogP contribution in [0.2, 0.25) is 0 Å². The number of fused-ring (bicyclic) bond motifs is 1. The molecule has 27 heavy (non-hydrogen) atoms. The molecule has 0 amide bonds. The van der Waals surface area contributed by atoms with Crippen molar-refractivity contribution in [1.29, 1.82) is 0 Å². The summed E-state index contributed by atoms with van der Waals surface area (Å²) in [6.07, 6.45) is 1.73. The number of hydrogen-bond acceptors (Lipinski definition) is 6. The molecule has 0 fully saturated rings. The van der Waals surface area contributed by atoms with E-state index in [2.05, 4.69) is 20.5 Å². The van der Waals surface area contributed by atoms with Crippen molar-refractivity contribution < 1.29 is 9.53 Å². The number of pyridine rings is 1. The molecule has 0 saturated heterocycles. The van der Waals surface area contributed by atoms with E-state index in [1.165, 1.54) is 11.7 Å². The fourth-order valence-electron chi connectivity index (χ4n) is 2.79. The minimum atomic E-state index is -0.176. The number of carbonyl (C=O) groups is 1. The van der Waals surface area contributed by atoms with E-state index in [4.69, 9.17) is 4.74 Å². The van der Waals surface area contributed by atoms with Crippen molar-refractivity contribution in [1.82, 2.24) is 20.0 Å². The van der Waals surface area contributed by atoms with E-state index < -0.39 is 0 Å². The Kier molecular flexibility index (Phi) is 4.25. The van der Waals surface area contributed by atoms with Crippen LogP contribution in [0, 0.1) is 0 Å². The number of para-hydroxylation sites is 1. The molecular weight excluding hydrogens is 342 g/mol. The van der Waals surface area contributed by atoms with Crippen LogP contribution in [0.1, 0.15) is 17.4 Å². The molecule has 0 aliphatic rings. The predicted molar refractivity (Wildman–Crippen MR) is 103 cm³/mol. The minimum Gasteiger partial charge on any atom is -0.497 e. The smallest absolute Gasteiger partial charge is 0.184 e. The number of ketones is 1. The van der Waals surface area contributed by atoms with Crippen LogP contribution in [0.25, 0.3) is 16.6 Å².